The molecule has 1 aromatic rings. The van der Waals surface area contributed by atoms with Crippen LogP contribution in [-0.4, -0.2) is 36.2 Å². The number of hydrazone groups is 1. The van der Waals surface area contributed by atoms with Crippen LogP contribution < -0.4 is 16.7 Å². The van der Waals surface area contributed by atoms with Gasteiger partial charge >= 0.3 is 7.05 Å². The van der Waals surface area contributed by atoms with Crippen molar-refractivity contribution in [1.82, 2.24) is 10.3 Å². The fourth-order valence-electron chi connectivity index (χ4n) is 1.56. The van der Waals surface area contributed by atoms with Crippen molar-refractivity contribution in [1.29, 1.82) is 0 Å². The lowest BCUT2D eigenvalue weighted by Gasteiger charge is -2.22. The van der Waals surface area contributed by atoms with E-state index in [-0.39, 0.29) is 5.91 Å². The summed E-state index contributed by atoms with van der Waals surface area (Å²) in [6.07, 6.45) is 1.59. The second-order valence-corrected chi connectivity index (χ2v) is 3.51. The van der Waals surface area contributed by atoms with Crippen molar-refractivity contribution >= 4 is 24.6 Å². The number of amides is 1. The summed E-state index contributed by atoms with van der Waals surface area (Å²) >= 11 is 0. The van der Waals surface area contributed by atoms with Crippen LogP contribution in [0.5, 0.6) is 0 Å². The highest BCUT2D eigenvalue weighted by Gasteiger charge is 2.26. The molecular weight excluding hydrogens is 207 g/mol. The van der Waals surface area contributed by atoms with Gasteiger partial charge in [0.25, 0.3) is 5.91 Å². The normalized spacial score (nSPS) is 13.7. The van der Waals surface area contributed by atoms with Gasteiger partial charge in [-0.15, -0.1) is 0 Å². The average molecular weight is 218 g/mol. The van der Waals surface area contributed by atoms with Gasteiger partial charge < -0.3 is 9.94 Å². The van der Waals surface area contributed by atoms with Crippen molar-refractivity contribution < 1.29 is 9.82 Å². The van der Waals surface area contributed by atoms with E-state index >= 15 is 0 Å². The number of nitrogens with zero attached hydrogens (tertiary/aromatic N) is 2. The number of hydrogen-bond acceptors (Lipinski definition) is 5. The van der Waals surface area contributed by atoms with Gasteiger partial charge in [-0.05, 0) is 23.2 Å². The van der Waals surface area contributed by atoms with Crippen LogP contribution in [0.4, 0.5) is 0 Å². The van der Waals surface area contributed by atoms with Gasteiger partial charge in [-0.1, -0.05) is 6.07 Å². The molecule has 0 aliphatic carbocycles. The summed E-state index contributed by atoms with van der Waals surface area (Å²) in [7, 11) is 0.889. The van der Waals surface area contributed by atoms with Crippen molar-refractivity contribution in [3.05, 3.63) is 29.3 Å². The van der Waals surface area contributed by atoms with Crippen molar-refractivity contribution in [3.63, 3.8) is 0 Å². The molecule has 1 aromatic carbocycles. The number of carbonyl (C=O) groups excluding carboxylic acids is 1. The summed E-state index contributed by atoms with van der Waals surface area (Å²) in [5, 5.41) is 13.8. The Labute approximate surface area is 92.8 Å². The van der Waals surface area contributed by atoms with Gasteiger partial charge in [0.15, 0.2) is 0 Å². The van der Waals surface area contributed by atoms with E-state index in [0.29, 0.717) is 16.6 Å². The van der Waals surface area contributed by atoms with E-state index in [9.17, 15) is 9.82 Å². The largest absolute Gasteiger partial charge is 0.466 e. The minimum atomic E-state index is -0.782. The first-order chi connectivity index (χ1) is 7.63. The zero-order valence-electron chi connectivity index (χ0n) is 8.71. The van der Waals surface area contributed by atoms with Crippen molar-refractivity contribution in [2.24, 2.45) is 10.9 Å². The van der Waals surface area contributed by atoms with Gasteiger partial charge in [0.2, 0.25) is 0 Å². The average Bonchev–Trinajstić information content (AvgIpc) is 2.32. The first-order valence-corrected chi connectivity index (χ1v) is 4.73. The maximum absolute atomic E-state index is 11.3. The quantitative estimate of drug-likeness (QED) is 0.226. The SMILES string of the molecule is CN1N=Cc2cc(C(=O)NN)ccc2B1O. The molecule has 2 rings (SSSR count). The Morgan fingerprint density at radius 1 is 1.62 bits per heavy atom. The third kappa shape index (κ3) is 1.66. The van der Waals surface area contributed by atoms with E-state index in [0.717, 1.165) is 0 Å². The first-order valence-electron chi connectivity index (χ1n) is 4.73. The molecule has 7 heteroatoms. The highest BCUT2D eigenvalue weighted by molar-refractivity contribution is 6.65. The lowest BCUT2D eigenvalue weighted by atomic mass is 9.70. The molecule has 0 fully saturated rings. The molecule has 0 saturated heterocycles. The molecule has 0 spiro atoms. The minimum absolute atomic E-state index is 0.371. The van der Waals surface area contributed by atoms with Crippen LogP contribution in [0.25, 0.3) is 0 Å². The Morgan fingerprint density at radius 2 is 2.38 bits per heavy atom. The number of carbonyl (C=O) groups is 1. The predicted molar refractivity (Wildman–Crippen MR) is 61.1 cm³/mol. The third-order valence-electron chi connectivity index (χ3n) is 2.49. The van der Waals surface area contributed by atoms with Gasteiger partial charge in [-0.2, -0.15) is 5.10 Å². The first kappa shape index (κ1) is 10.7. The van der Waals surface area contributed by atoms with Gasteiger partial charge in [-0.3, -0.25) is 10.2 Å². The van der Waals surface area contributed by atoms with Crippen molar-refractivity contribution in [2.75, 3.05) is 7.05 Å². The van der Waals surface area contributed by atoms with Crippen LogP contribution >= 0.6 is 0 Å². The molecule has 82 valence electrons. The number of benzene rings is 1. The Balaban J connectivity index is 2.43. The van der Waals surface area contributed by atoms with Crippen molar-refractivity contribution in [2.45, 2.75) is 0 Å². The van der Waals surface area contributed by atoms with Crippen LogP contribution in [0.3, 0.4) is 0 Å². The molecule has 16 heavy (non-hydrogen) atoms. The zero-order chi connectivity index (χ0) is 11.7. The highest BCUT2D eigenvalue weighted by atomic mass is 16.2. The molecule has 0 bridgehead atoms. The Morgan fingerprint density at radius 3 is 3.06 bits per heavy atom. The molecule has 4 N–H and O–H groups in total. The Hall–Kier alpha value is -1.86. The second-order valence-electron chi connectivity index (χ2n) is 3.51. The van der Waals surface area contributed by atoms with Crippen LogP contribution in [0, 0.1) is 0 Å². The molecule has 1 heterocycles. The molecule has 6 nitrogen and oxygen atoms in total. The summed E-state index contributed by atoms with van der Waals surface area (Å²) in [4.78, 5) is 12.7. The molecule has 0 atom stereocenters. The van der Waals surface area contributed by atoms with Gasteiger partial charge in [0.05, 0.1) is 6.21 Å². The molecule has 1 amide bonds. The van der Waals surface area contributed by atoms with Crippen LogP contribution in [0.2, 0.25) is 0 Å². The van der Waals surface area contributed by atoms with Crippen molar-refractivity contribution in [3.8, 4) is 0 Å². The number of rotatable bonds is 1. The van der Waals surface area contributed by atoms with E-state index in [1.807, 2.05) is 0 Å². The fraction of sp³-hybridized carbons (Fsp3) is 0.111. The van der Waals surface area contributed by atoms with Gasteiger partial charge in [0, 0.05) is 12.6 Å². The Kier molecular flexibility index (Phi) is 2.63. The van der Waals surface area contributed by atoms with Gasteiger partial charge in [-0.25, -0.2) is 5.84 Å². The third-order valence-corrected chi connectivity index (χ3v) is 2.49. The Bertz CT molecular complexity index is 463. The summed E-state index contributed by atoms with van der Waals surface area (Å²) in [6.45, 7) is 0. The molecular formula is C9H11BN4O2. The number of nitrogens with two attached hydrogens (primary N) is 1. The van der Waals surface area contributed by atoms with Crippen LogP contribution in [0.1, 0.15) is 15.9 Å². The number of nitrogens with one attached hydrogen (secondary N) is 1. The number of hydrazine groups is 1. The molecule has 0 aromatic heterocycles. The topological polar surface area (TPSA) is 91.0 Å². The highest BCUT2D eigenvalue weighted by Crippen LogP contribution is 2.07. The van der Waals surface area contributed by atoms with E-state index in [1.54, 1.807) is 31.5 Å². The number of fused-ring (bicyclic) bond motifs is 1. The van der Waals surface area contributed by atoms with E-state index in [1.165, 1.54) is 4.92 Å². The molecule has 0 radical (unpaired) electrons. The summed E-state index contributed by atoms with van der Waals surface area (Å²) in [5.41, 5.74) is 3.91. The monoisotopic (exact) mass is 218 g/mol. The van der Waals surface area contributed by atoms with Crippen LogP contribution in [-0.2, 0) is 0 Å². The molecule has 0 saturated carbocycles. The van der Waals surface area contributed by atoms with E-state index < -0.39 is 7.05 Å². The number of nitrogen functional groups attached to an aromatic ring is 1. The summed E-state index contributed by atoms with van der Waals surface area (Å²) in [5.74, 6) is 4.67. The standard InChI is InChI=1S/C9H11BN4O2/c1-14-10(16)8-3-2-6(9(15)13-11)4-7(8)5-12-14/h2-5,16H,11H2,1H3,(H,13,15). The van der Waals surface area contributed by atoms with Gasteiger partial charge in [0.1, 0.15) is 0 Å². The second kappa shape index (κ2) is 3.95. The molecule has 0 unspecified atom stereocenters. The lowest BCUT2D eigenvalue weighted by molar-refractivity contribution is 0.0953. The molecule has 1 aliphatic heterocycles. The maximum atomic E-state index is 11.3. The maximum Gasteiger partial charge on any atom is 0.466 e. The lowest BCUT2D eigenvalue weighted by Crippen LogP contribution is -2.48. The zero-order valence-corrected chi connectivity index (χ0v) is 8.71. The summed E-state index contributed by atoms with van der Waals surface area (Å²) in [6, 6.07) is 4.93. The van der Waals surface area contributed by atoms with E-state index in [2.05, 4.69) is 10.5 Å². The smallest absolute Gasteiger partial charge is 0.428 e. The fourth-order valence-corrected chi connectivity index (χ4v) is 1.56. The minimum Gasteiger partial charge on any atom is -0.428 e. The van der Waals surface area contributed by atoms with Crippen LogP contribution in [0.15, 0.2) is 23.3 Å². The number of hydrogen-bond donors (Lipinski definition) is 3. The molecule has 1 aliphatic rings. The predicted octanol–water partition coefficient (Wildman–Crippen LogP) is -1.74. The van der Waals surface area contributed by atoms with E-state index in [4.69, 9.17) is 5.84 Å². The summed E-state index contributed by atoms with van der Waals surface area (Å²) < 4.78 is 0.